The second-order valence-corrected chi connectivity index (χ2v) is 7.14. The smallest absolute Gasteiger partial charge is 0.188 e. The van der Waals surface area contributed by atoms with Crippen molar-refractivity contribution in [3.8, 4) is 11.1 Å². The average Bonchev–Trinajstić information content (AvgIpc) is 3.00. The SMILES string of the molecule is [C-]#[N+]c1ccc2c(c1)c(-c1cccc(N)c1)cn2CC1CCCCC1. The van der Waals surface area contributed by atoms with E-state index < -0.39 is 0 Å². The van der Waals surface area contributed by atoms with Gasteiger partial charge in [-0.2, -0.15) is 0 Å². The molecular formula is C22H23N3. The predicted molar refractivity (Wildman–Crippen MR) is 105 cm³/mol. The van der Waals surface area contributed by atoms with Gasteiger partial charge in [0.15, 0.2) is 5.69 Å². The fourth-order valence-corrected chi connectivity index (χ4v) is 4.09. The van der Waals surface area contributed by atoms with Gasteiger partial charge in [-0.05, 0) is 54.0 Å². The molecule has 0 aliphatic heterocycles. The third-order valence-corrected chi connectivity index (χ3v) is 5.37. The number of nitrogens with two attached hydrogens (primary N) is 1. The van der Waals surface area contributed by atoms with Crippen LogP contribution in [-0.4, -0.2) is 4.57 Å². The molecule has 126 valence electrons. The zero-order valence-corrected chi connectivity index (χ0v) is 14.4. The van der Waals surface area contributed by atoms with Crippen LogP contribution in [0.5, 0.6) is 0 Å². The summed E-state index contributed by atoms with van der Waals surface area (Å²) in [4.78, 5) is 3.61. The molecule has 1 aliphatic carbocycles. The second-order valence-electron chi connectivity index (χ2n) is 7.14. The predicted octanol–water partition coefficient (Wildman–Crippen LogP) is 6.02. The Morgan fingerprint density at radius 3 is 2.68 bits per heavy atom. The van der Waals surface area contributed by atoms with Gasteiger partial charge in [-0.1, -0.05) is 37.5 Å². The summed E-state index contributed by atoms with van der Waals surface area (Å²) < 4.78 is 2.39. The second kappa shape index (κ2) is 6.64. The van der Waals surface area contributed by atoms with Crippen LogP contribution >= 0.6 is 0 Å². The molecule has 2 N–H and O–H groups in total. The first-order chi connectivity index (χ1) is 12.2. The van der Waals surface area contributed by atoms with E-state index in [0.29, 0.717) is 5.69 Å². The van der Waals surface area contributed by atoms with Crippen LogP contribution in [0.2, 0.25) is 0 Å². The molecule has 4 rings (SSSR count). The van der Waals surface area contributed by atoms with Gasteiger partial charge in [0.2, 0.25) is 0 Å². The van der Waals surface area contributed by atoms with Gasteiger partial charge in [0.25, 0.3) is 0 Å². The zero-order valence-electron chi connectivity index (χ0n) is 14.4. The summed E-state index contributed by atoms with van der Waals surface area (Å²) in [6.07, 6.45) is 9.00. The quantitative estimate of drug-likeness (QED) is 0.462. The Morgan fingerprint density at radius 2 is 1.92 bits per heavy atom. The largest absolute Gasteiger partial charge is 0.399 e. The van der Waals surface area contributed by atoms with Crippen molar-refractivity contribution in [2.45, 2.75) is 38.6 Å². The van der Waals surface area contributed by atoms with Gasteiger partial charge in [-0.15, -0.1) is 0 Å². The lowest BCUT2D eigenvalue weighted by atomic mass is 9.89. The van der Waals surface area contributed by atoms with Crippen molar-refractivity contribution in [2.75, 3.05) is 5.73 Å². The van der Waals surface area contributed by atoms with E-state index in [1.165, 1.54) is 43.2 Å². The Kier molecular flexibility index (Phi) is 4.19. The van der Waals surface area contributed by atoms with E-state index in [4.69, 9.17) is 12.3 Å². The van der Waals surface area contributed by atoms with Crippen molar-refractivity contribution in [2.24, 2.45) is 5.92 Å². The minimum Gasteiger partial charge on any atom is -0.399 e. The minimum atomic E-state index is 0.688. The third-order valence-electron chi connectivity index (χ3n) is 5.37. The Bertz CT molecular complexity index is 940. The maximum absolute atomic E-state index is 7.34. The van der Waals surface area contributed by atoms with E-state index in [1.54, 1.807) is 0 Å². The molecule has 1 aliphatic rings. The van der Waals surface area contributed by atoms with Crippen LogP contribution in [0, 0.1) is 12.5 Å². The van der Waals surface area contributed by atoms with E-state index in [9.17, 15) is 0 Å². The first-order valence-electron chi connectivity index (χ1n) is 9.11. The van der Waals surface area contributed by atoms with Crippen LogP contribution < -0.4 is 5.73 Å². The highest BCUT2D eigenvalue weighted by Gasteiger charge is 2.17. The first kappa shape index (κ1) is 15.8. The van der Waals surface area contributed by atoms with Gasteiger partial charge in [-0.25, -0.2) is 4.85 Å². The van der Waals surface area contributed by atoms with Crippen molar-refractivity contribution >= 4 is 22.3 Å². The molecule has 0 saturated heterocycles. The van der Waals surface area contributed by atoms with E-state index in [-0.39, 0.29) is 0 Å². The molecule has 1 fully saturated rings. The molecule has 1 saturated carbocycles. The fourth-order valence-electron chi connectivity index (χ4n) is 4.09. The van der Waals surface area contributed by atoms with Crippen molar-refractivity contribution < 1.29 is 0 Å². The van der Waals surface area contributed by atoms with E-state index in [2.05, 4.69) is 27.7 Å². The molecule has 3 aromatic rings. The van der Waals surface area contributed by atoms with Gasteiger partial charge < -0.3 is 10.3 Å². The molecule has 0 radical (unpaired) electrons. The molecule has 3 heteroatoms. The molecule has 0 amide bonds. The lowest BCUT2D eigenvalue weighted by molar-refractivity contribution is 0.323. The summed E-state index contributed by atoms with van der Waals surface area (Å²) in [7, 11) is 0. The van der Waals surface area contributed by atoms with E-state index >= 15 is 0 Å². The highest BCUT2D eigenvalue weighted by atomic mass is 15.0. The number of hydrogen-bond donors (Lipinski definition) is 1. The average molecular weight is 329 g/mol. The number of nitrogen functional groups attached to an aromatic ring is 1. The molecule has 1 heterocycles. The lowest BCUT2D eigenvalue weighted by Gasteiger charge is -2.22. The molecule has 0 unspecified atom stereocenters. The number of aromatic nitrogens is 1. The maximum atomic E-state index is 7.34. The summed E-state index contributed by atoms with van der Waals surface area (Å²) in [6.45, 7) is 8.40. The third kappa shape index (κ3) is 3.13. The zero-order chi connectivity index (χ0) is 17.2. The maximum Gasteiger partial charge on any atom is 0.188 e. The standard InChI is InChI=1S/C22H23N3/c1-24-19-10-11-22-20(13-19)21(17-8-5-9-18(23)12-17)15-25(22)14-16-6-3-2-4-7-16/h5,8-13,15-16H,2-4,6-7,14,23H2. The number of benzene rings is 2. The van der Waals surface area contributed by atoms with Gasteiger partial charge >= 0.3 is 0 Å². The number of hydrogen-bond acceptors (Lipinski definition) is 1. The first-order valence-corrected chi connectivity index (χ1v) is 9.11. The van der Waals surface area contributed by atoms with Crippen LogP contribution in [0.15, 0.2) is 48.7 Å². The highest BCUT2D eigenvalue weighted by Crippen LogP contribution is 2.35. The summed E-state index contributed by atoms with van der Waals surface area (Å²) in [5.74, 6) is 0.763. The topological polar surface area (TPSA) is 35.3 Å². The molecule has 3 nitrogen and oxygen atoms in total. The number of rotatable bonds is 3. The van der Waals surface area contributed by atoms with Crippen LogP contribution in [0.1, 0.15) is 32.1 Å². The van der Waals surface area contributed by atoms with Crippen LogP contribution in [0.4, 0.5) is 11.4 Å². The lowest BCUT2D eigenvalue weighted by Crippen LogP contribution is -2.13. The van der Waals surface area contributed by atoms with Crippen LogP contribution in [0.3, 0.4) is 0 Å². The van der Waals surface area contributed by atoms with Crippen LogP contribution in [0.25, 0.3) is 26.9 Å². The van der Waals surface area contributed by atoms with Gasteiger partial charge in [0.1, 0.15) is 0 Å². The van der Waals surface area contributed by atoms with E-state index in [0.717, 1.165) is 29.1 Å². The Labute approximate surface area is 148 Å². The summed E-state index contributed by atoms with van der Waals surface area (Å²) in [6, 6.07) is 14.1. The monoisotopic (exact) mass is 329 g/mol. The van der Waals surface area contributed by atoms with Crippen LogP contribution in [-0.2, 0) is 6.54 Å². The molecule has 25 heavy (non-hydrogen) atoms. The highest BCUT2D eigenvalue weighted by molar-refractivity contribution is 5.98. The van der Waals surface area contributed by atoms with Gasteiger partial charge in [0.05, 0.1) is 6.57 Å². The normalized spacial score (nSPS) is 15.3. The Hall–Kier alpha value is -2.73. The van der Waals surface area contributed by atoms with Crippen molar-refractivity contribution in [3.05, 3.63) is 60.1 Å². The molecular weight excluding hydrogens is 306 g/mol. The summed E-state index contributed by atoms with van der Waals surface area (Å²) in [5.41, 5.74) is 11.0. The van der Waals surface area contributed by atoms with Crippen molar-refractivity contribution in [3.63, 3.8) is 0 Å². The minimum absolute atomic E-state index is 0.688. The molecule has 0 atom stereocenters. The number of anilines is 1. The molecule has 2 aromatic carbocycles. The number of nitrogens with zero attached hydrogens (tertiary/aromatic N) is 2. The molecule has 0 bridgehead atoms. The summed E-state index contributed by atoms with van der Waals surface area (Å²) >= 11 is 0. The Morgan fingerprint density at radius 1 is 1.08 bits per heavy atom. The fraction of sp³-hybridized carbons (Fsp3) is 0.318. The van der Waals surface area contributed by atoms with Crippen molar-refractivity contribution in [1.29, 1.82) is 0 Å². The van der Waals surface area contributed by atoms with Gasteiger partial charge in [0, 0.05) is 29.5 Å². The molecule has 0 spiro atoms. The number of fused-ring (bicyclic) bond motifs is 1. The van der Waals surface area contributed by atoms with Gasteiger partial charge in [-0.3, -0.25) is 0 Å². The van der Waals surface area contributed by atoms with Crippen molar-refractivity contribution in [1.82, 2.24) is 4.57 Å². The van der Waals surface area contributed by atoms with E-state index in [1.807, 2.05) is 30.3 Å². The summed E-state index contributed by atoms with van der Waals surface area (Å²) in [5, 5.41) is 1.15. The Balaban J connectivity index is 1.82. The molecule has 1 aromatic heterocycles.